The van der Waals surface area contributed by atoms with Crippen molar-refractivity contribution in [1.29, 1.82) is 0 Å². The first-order valence-electron chi connectivity index (χ1n) is 10.2. The topological polar surface area (TPSA) is 84.9 Å². The summed E-state index contributed by atoms with van der Waals surface area (Å²) in [5.41, 5.74) is 2.12. The van der Waals surface area contributed by atoms with Gasteiger partial charge in [-0.2, -0.15) is 0 Å². The fourth-order valence-electron chi connectivity index (χ4n) is 3.61. The smallest absolute Gasteiger partial charge is 0.311 e. The number of aliphatic carboxylic acids is 1. The van der Waals surface area contributed by atoms with E-state index < -0.39 is 11.9 Å². The van der Waals surface area contributed by atoms with Crippen molar-refractivity contribution in [3.8, 4) is 17.2 Å². The van der Waals surface area contributed by atoms with Crippen LogP contribution in [0.15, 0.2) is 66.7 Å². The second-order valence-corrected chi connectivity index (χ2v) is 8.04. The maximum atomic E-state index is 12.6. The van der Waals surface area contributed by atoms with Crippen molar-refractivity contribution in [3.63, 3.8) is 0 Å². The average Bonchev–Trinajstić information content (AvgIpc) is 2.79. The van der Waals surface area contributed by atoms with Gasteiger partial charge in [-0.15, -0.1) is 0 Å². The molecule has 0 fully saturated rings. The van der Waals surface area contributed by atoms with Gasteiger partial charge in [-0.25, -0.2) is 0 Å². The summed E-state index contributed by atoms with van der Waals surface area (Å²) < 4.78 is 11.5. The Labute approximate surface area is 190 Å². The summed E-state index contributed by atoms with van der Waals surface area (Å²) in [5, 5.41) is 13.0. The molecule has 0 saturated heterocycles. The van der Waals surface area contributed by atoms with E-state index in [9.17, 15) is 14.7 Å². The highest BCUT2D eigenvalue weighted by molar-refractivity contribution is 6.30. The molecular formula is C25H22ClNO5. The van der Waals surface area contributed by atoms with Gasteiger partial charge in [0.25, 0.3) is 5.91 Å². The van der Waals surface area contributed by atoms with Crippen molar-refractivity contribution >= 4 is 23.5 Å². The van der Waals surface area contributed by atoms with E-state index in [0.717, 1.165) is 5.56 Å². The van der Waals surface area contributed by atoms with E-state index in [1.807, 2.05) is 19.1 Å². The van der Waals surface area contributed by atoms with Crippen LogP contribution in [0.2, 0.25) is 5.02 Å². The summed E-state index contributed by atoms with van der Waals surface area (Å²) in [6, 6.07) is 19.1. The zero-order chi connectivity index (χ0) is 22.7. The van der Waals surface area contributed by atoms with E-state index in [-0.39, 0.29) is 11.9 Å². The molecule has 0 spiro atoms. The Morgan fingerprint density at radius 3 is 2.44 bits per heavy atom. The van der Waals surface area contributed by atoms with Crippen LogP contribution in [-0.4, -0.2) is 23.6 Å². The highest BCUT2D eigenvalue weighted by Gasteiger charge is 2.27. The lowest BCUT2D eigenvalue weighted by Crippen LogP contribution is -2.26. The lowest BCUT2D eigenvalue weighted by Gasteiger charge is -2.23. The summed E-state index contributed by atoms with van der Waals surface area (Å²) in [5.74, 6) is -0.0150. The molecule has 2 N–H and O–H groups in total. The predicted octanol–water partition coefficient (Wildman–Crippen LogP) is 5.57. The van der Waals surface area contributed by atoms with Crippen LogP contribution in [0.25, 0.3) is 0 Å². The van der Waals surface area contributed by atoms with E-state index >= 15 is 0 Å². The minimum Gasteiger partial charge on any atom is -0.493 e. The van der Waals surface area contributed by atoms with Gasteiger partial charge in [0.05, 0.1) is 18.6 Å². The highest BCUT2D eigenvalue weighted by atomic mass is 35.5. The van der Waals surface area contributed by atoms with E-state index in [4.69, 9.17) is 21.1 Å². The van der Waals surface area contributed by atoms with Crippen molar-refractivity contribution in [2.45, 2.75) is 25.3 Å². The molecule has 32 heavy (non-hydrogen) atoms. The van der Waals surface area contributed by atoms with Crippen molar-refractivity contribution < 1.29 is 24.2 Å². The SMILES string of the molecule is CC(NC(=O)c1ccc(Oc2ccc3c(c2)OCCC3C(=O)O)cc1)c1ccc(Cl)cc1. The molecule has 0 radical (unpaired) electrons. The Hall–Kier alpha value is -3.51. The second kappa shape index (κ2) is 9.32. The molecule has 6 nitrogen and oxygen atoms in total. The standard InChI is InChI=1S/C25H22ClNO5/c1-15(16-2-6-18(26)7-3-16)27-24(28)17-4-8-19(9-5-17)32-20-10-11-21-22(25(29)30)12-13-31-23(21)14-20/h2-11,14-15,22H,12-13H2,1H3,(H,27,28)(H,29,30). The number of hydrogen-bond donors (Lipinski definition) is 2. The van der Waals surface area contributed by atoms with Gasteiger partial charge in [-0.05, 0) is 61.4 Å². The van der Waals surface area contributed by atoms with Gasteiger partial charge in [-0.1, -0.05) is 29.8 Å². The Kier molecular flexibility index (Phi) is 6.32. The van der Waals surface area contributed by atoms with E-state index in [0.29, 0.717) is 46.4 Å². The molecule has 1 amide bonds. The molecule has 0 bridgehead atoms. The van der Waals surface area contributed by atoms with Crippen LogP contribution in [0.1, 0.15) is 46.8 Å². The van der Waals surface area contributed by atoms with E-state index in [1.54, 1.807) is 54.6 Å². The van der Waals surface area contributed by atoms with Crippen LogP contribution in [0.3, 0.4) is 0 Å². The van der Waals surface area contributed by atoms with Gasteiger partial charge >= 0.3 is 5.97 Å². The largest absolute Gasteiger partial charge is 0.493 e. The molecule has 0 saturated carbocycles. The van der Waals surface area contributed by atoms with Crippen LogP contribution in [-0.2, 0) is 4.79 Å². The molecule has 7 heteroatoms. The molecule has 164 valence electrons. The zero-order valence-corrected chi connectivity index (χ0v) is 18.1. The normalized spacial score (nSPS) is 15.8. The van der Waals surface area contributed by atoms with E-state index in [1.165, 1.54) is 0 Å². The minimum atomic E-state index is -0.859. The Balaban J connectivity index is 1.41. The number of carbonyl (C=O) groups is 2. The lowest BCUT2D eigenvalue weighted by atomic mass is 9.93. The summed E-state index contributed by atoms with van der Waals surface area (Å²) in [6.45, 7) is 2.26. The molecule has 3 aromatic rings. The number of nitrogens with one attached hydrogen (secondary N) is 1. The first-order valence-corrected chi connectivity index (χ1v) is 10.6. The van der Waals surface area contributed by atoms with Gasteiger partial charge in [-0.3, -0.25) is 9.59 Å². The molecule has 1 heterocycles. The van der Waals surface area contributed by atoms with Crippen molar-refractivity contribution in [2.75, 3.05) is 6.61 Å². The van der Waals surface area contributed by atoms with Gasteiger partial charge in [0.15, 0.2) is 0 Å². The number of benzene rings is 3. The minimum absolute atomic E-state index is 0.166. The third-order valence-electron chi connectivity index (χ3n) is 5.39. The van der Waals surface area contributed by atoms with Crippen LogP contribution in [0, 0.1) is 0 Å². The number of rotatable bonds is 6. The Morgan fingerprint density at radius 1 is 1.06 bits per heavy atom. The van der Waals surface area contributed by atoms with Crippen molar-refractivity contribution in [1.82, 2.24) is 5.32 Å². The lowest BCUT2D eigenvalue weighted by molar-refractivity contribution is -0.139. The molecule has 3 aromatic carbocycles. The number of carboxylic acid groups (broad SMARTS) is 1. The van der Waals surface area contributed by atoms with Gasteiger partial charge in [0.2, 0.25) is 0 Å². The van der Waals surface area contributed by atoms with Gasteiger partial charge < -0.3 is 19.9 Å². The maximum absolute atomic E-state index is 12.6. The molecule has 0 aromatic heterocycles. The summed E-state index contributed by atoms with van der Waals surface area (Å²) >= 11 is 5.91. The Bertz CT molecular complexity index is 1130. The monoisotopic (exact) mass is 451 g/mol. The first kappa shape index (κ1) is 21.7. The number of hydrogen-bond acceptors (Lipinski definition) is 4. The van der Waals surface area contributed by atoms with Crippen LogP contribution in [0.5, 0.6) is 17.2 Å². The predicted molar refractivity (Wildman–Crippen MR) is 121 cm³/mol. The first-order chi connectivity index (χ1) is 15.4. The summed E-state index contributed by atoms with van der Waals surface area (Å²) in [4.78, 5) is 24.0. The molecule has 2 unspecified atom stereocenters. The number of ether oxygens (including phenoxy) is 2. The molecule has 1 aliphatic rings. The van der Waals surface area contributed by atoms with Crippen LogP contribution >= 0.6 is 11.6 Å². The fraction of sp³-hybridized carbons (Fsp3) is 0.200. The summed E-state index contributed by atoms with van der Waals surface area (Å²) in [7, 11) is 0. The molecule has 1 aliphatic heterocycles. The van der Waals surface area contributed by atoms with Crippen LogP contribution in [0.4, 0.5) is 0 Å². The number of fused-ring (bicyclic) bond motifs is 1. The highest BCUT2D eigenvalue weighted by Crippen LogP contribution is 2.37. The van der Waals surface area contributed by atoms with Gasteiger partial charge in [0.1, 0.15) is 17.2 Å². The molecule has 2 atom stereocenters. The number of carbonyl (C=O) groups excluding carboxylic acids is 1. The second-order valence-electron chi connectivity index (χ2n) is 7.60. The number of carboxylic acids is 1. The third-order valence-corrected chi connectivity index (χ3v) is 5.64. The van der Waals surface area contributed by atoms with Crippen LogP contribution < -0.4 is 14.8 Å². The fourth-order valence-corrected chi connectivity index (χ4v) is 3.74. The number of halogens is 1. The van der Waals surface area contributed by atoms with Crippen molar-refractivity contribution in [2.24, 2.45) is 0 Å². The van der Waals surface area contributed by atoms with E-state index in [2.05, 4.69) is 5.32 Å². The molecular weight excluding hydrogens is 430 g/mol. The quantitative estimate of drug-likeness (QED) is 0.511. The summed E-state index contributed by atoms with van der Waals surface area (Å²) in [6.07, 6.45) is 0.447. The van der Waals surface area contributed by atoms with Gasteiger partial charge in [0, 0.05) is 22.2 Å². The molecule has 0 aliphatic carbocycles. The average molecular weight is 452 g/mol. The third kappa shape index (κ3) is 4.86. The zero-order valence-electron chi connectivity index (χ0n) is 17.4. The molecule has 4 rings (SSSR count). The maximum Gasteiger partial charge on any atom is 0.311 e. The van der Waals surface area contributed by atoms with Crippen molar-refractivity contribution in [3.05, 3.63) is 88.4 Å². The Morgan fingerprint density at radius 2 is 1.75 bits per heavy atom. The number of amides is 1.